The van der Waals surface area contributed by atoms with E-state index in [2.05, 4.69) is 15.0 Å². The van der Waals surface area contributed by atoms with Gasteiger partial charge in [0, 0.05) is 44.2 Å². The first-order chi connectivity index (χ1) is 11.1. The highest BCUT2D eigenvalue weighted by Gasteiger charge is 2.27. The van der Waals surface area contributed by atoms with E-state index < -0.39 is 0 Å². The van der Waals surface area contributed by atoms with Crippen molar-refractivity contribution >= 4 is 5.91 Å². The summed E-state index contributed by atoms with van der Waals surface area (Å²) in [5, 5.41) is 4.04. The Morgan fingerprint density at radius 3 is 2.57 bits per heavy atom. The van der Waals surface area contributed by atoms with Crippen LogP contribution in [0, 0.1) is 19.8 Å². The summed E-state index contributed by atoms with van der Waals surface area (Å²) in [5.74, 6) is 1.61. The van der Waals surface area contributed by atoms with Crippen LogP contribution in [-0.4, -0.2) is 47.0 Å². The zero-order valence-corrected chi connectivity index (χ0v) is 14.5. The lowest BCUT2D eigenvalue weighted by Gasteiger charge is -2.28. The van der Waals surface area contributed by atoms with Gasteiger partial charge >= 0.3 is 0 Å². The van der Waals surface area contributed by atoms with E-state index in [1.54, 1.807) is 0 Å². The van der Waals surface area contributed by atoms with Crippen molar-refractivity contribution in [3.63, 3.8) is 0 Å². The van der Waals surface area contributed by atoms with E-state index in [0.29, 0.717) is 5.91 Å². The van der Waals surface area contributed by atoms with Gasteiger partial charge in [0.25, 0.3) is 0 Å². The average molecular weight is 319 g/mol. The Morgan fingerprint density at radius 1 is 1.09 bits per heavy atom. The van der Waals surface area contributed by atoms with Crippen molar-refractivity contribution in [1.29, 1.82) is 0 Å². The van der Waals surface area contributed by atoms with Gasteiger partial charge in [-0.3, -0.25) is 9.69 Å². The van der Waals surface area contributed by atoms with Gasteiger partial charge in [0.1, 0.15) is 5.76 Å². The highest BCUT2D eigenvalue weighted by Crippen LogP contribution is 2.26. The predicted molar refractivity (Wildman–Crippen MR) is 89.0 cm³/mol. The van der Waals surface area contributed by atoms with Crippen molar-refractivity contribution in [2.24, 2.45) is 5.92 Å². The average Bonchev–Trinajstić information content (AvgIpc) is 2.79. The fraction of sp³-hybridized carbons (Fsp3) is 0.778. The molecule has 0 unspecified atom stereocenters. The van der Waals surface area contributed by atoms with E-state index in [1.807, 2.05) is 13.8 Å². The first-order valence-corrected chi connectivity index (χ1v) is 9.08. The number of amides is 1. The normalized spacial score (nSPS) is 21.4. The molecule has 5 nitrogen and oxygen atoms in total. The van der Waals surface area contributed by atoms with Gasteiger partial charge in [-0.2, -0.15) is 0 Å². The molecular formula is C18H29N3O2. The van der Waals surface area contributed by atoms with E-state index in [9.17, 15) is 4.79 Å². The minimum atomic E-state index is 0.290. The molecule has 2 heterocycles. The topological polar surface area (TPSA) is 49.6 Å². The van der Waals surface area contributed by atoms with Crippen LogP contribution in [0.5, 0.6) is 0 Å². The summed E-state index contributed by atoms with van der Waals surface area (Å²) in [7, 11) is 0. The second-order valence-corrected chi connectivity index (χ2v) is 7.09. The summed E-state index contributed by atoms with van der Waals surface area (Å²) in [6, 6.07) is 0. The molecule has 1 aliphatic carbocycles. The molecule has 1 saturated heterocycles. The summed E-state index contributed by atoms with van der Waals surface area (Å²) in [4.78, 5) is 17.3. The Hall–Kier alpha value is -1.36. The molecule has 0 atom stereocenters. The Labute approximate surface area is 139 Å². The molecule has 0 spiro atoms. The molecule has 3 rings (SSSR count). The molecule has 2 fully saturated rings. The van der Waals surface area contributed by atoms with Crippen molar-refractivity contribution in [3.05, 3.63) is 17.0 Å². The molecule has 0 N–H and O–H groups in total. The number of carbonyl (C=O) groups excluding carboxylic acids is 1. The van der Waals surface area contributed by atoms with Gasteiger partial charge in [0.15, 0.2) is 0 Å². The minimum Gasteiger partial charge on any atom is -0.361 e. The van der Waals surface area contributed by atoms with Crippen LogP contribution in [0.25, 0.3) is 0 Å². The molecule has 0 bridgehead atoms. The van der Waals surface area contributed by atoms with Gasteiger partial charge < -0.3 is 9.42 Å². The summed E-state index contributed by atoms with van der Waals surface area (Å²) >= 11 is 0. The van der Waals surface area contributed by atoms with Crippen molar-refractivity contribution in [1.82, 2.24) is 15.0 Å². The first kappa shape index (κ1) is 16.5. The maximum absolute atomic E-state index is 12.7. The van der Waals surface area contributed by atoms with Crippen LogP contribution in [0.4, 0.5) is 0 Å². The Bertz CT molecular complexity index is 515. The molecule has 1 aromatic rings. The Morgan fingerprint density at radius 2 is 1.87 bits per heavy atom. The highest BCUT2D eigenvalue weighted by atomic mass is 16.5. The number of aromatic nitrogens is 1. The molecule has 5 heteroatoms. The predicted octanol–water partition coefficient (Wildman–Crippen LogP) is 2.91. The maximum Gasteiger partial charge on any atom is 0.225 e. The third-order valence-corrected chi connectivity index (χ3v) is 5.42. The summed E-state index contributed by atoms with van der Waals surface area (Å²) in [6.45, 7) is 8.62. The summed E-state index contributed by atoms with van der Waals surface area (Å²) in [6.07, 6.45) is 7.00. The number of nitrogens with zero attached hydrogens (tertiary/aromatic N) is 3. The summed E-state index contributed by atoms with van der Waals surface area (Å²) in [5.41, 5.74) is 2.19. The second kappa shape index (κ2) is 7.47. The molecular weight excluding hydrogens is 290 g/mol. The van der Waals surface area contributed by atoms with E-state index in [0.717, 1.165) is 63.4 Å². The summed E-state index contributed by atoms with van der Waals surface area (Å²) < 4.78 is 5.27. The lowest BCUT2D eigenvalue weighted by Crippen LogP contribution is -2.39. The zero-order chi connectivity index (χ0) is 16.2. The SMILES string of the molecule is Cc1noc(C)c1CN1CCCN(C(=O)C2CCCCC2)CC1. The van der Waals surface area contributed by atoms with E-state index >= 15 is 0 Å². The standard InChI is InChI=1S/C18H29N3O2/c1-14-17(15(2)23-19-14)13-20-9-6-10-21(12-11-20)18(22)16-7-4-3-5-8-16/h16H,3-13H2,1-2H3. The molecule has 1 saturated carbocycles. The number of rotatable bonds is 3. The van der Waals surface area contributed by atoms with Crippen LogP contribution in [-0.2, 0) is 11.3 Å². The third kappa shape index (κ3) is 3.94. The molecule has 0 radical (unpaired) electrons. The molecule has 23 heavy (non-hydrogen) atoms. The Kier molecular flexibility index (Phi) is 5.36. The molecule has 1 aliphatic heterocycles. The number of aryl methyl sites for hydroxylation is 2. The monoisotopic (exact) mass is 319 g/mol. The zero-order valence-electron chi connectivity index (χ0n) is 14.5. The van der Waals surface area contributed by atoms with Crippen molar-refractivity contribution < 1.29 is 9.32 Å². The smallest absolute Gasteiger partial charge is 0.225 e. The van der Waals surface area contributed by atoms with Crippen LogP contribution in [0.15, 0.2) is 4.52 Å². The molecule has 1 amide bonds. The van der Waals surface area contributed by atoms with Gasteiger partial charge in [0.2, 0.25) is 5.91 Å². The van der Waals surface area contributed by atoms with Crippen LogP contribution < -0.4 is 0 Å². The number of hydrogen-bond acceptors (Lipinski definition) is 4. The quantitative estimate of drug-likeness (QED) is 0.859. The second-order valence-electron chi connectivity index (χ2n) is 7.09. The van der Waals surface area contributed by atoms with Gasteiger partial charge in [-0.1, -0.05) is 24.4 Å². The third-order valence-electron chi connectivity index (χ3n) is 5.42. The molecule has 0 aromatic carbocycles. The molecule has 2 aliphatic rings. The van der Waals surface area contributed by atoms with Gasteiger partial charge in [-0.05, 0) is 33.1 Å². The van der Waals surface area contributed by atoms with E-state index in [1.165, 1.54) is 24.8 Å². The Balaban J connectivity index is 1.55. The lowest BCUT2D eigenvalue weighted by atomic mass is 9.88. The van der Waals surface area contributed by atoms with Crippen molar-refractivity contribution in [2.45, 2.75) is 58.9 Å². The highest BCUT2D eigenvalue weighted by molar-refractivity contribution is 5.79. The lowest BCUT2D eigenvalue weighted by molar-refractivity contribution is -0.136. The van der Waals surface area contributed by atoms with E-state index in [4.69, 9.17) is 4.52 Å². The minimum absolute atomic E-state index is 0.290. The molecule has 1 aromatic heterocycles. The van der Waals surface area contributed by atoms with Crippen LogP contribution in [0.2, 0.25) is 0 Å². The van der Waals surface area contributed by atoms with Crippen LogP contribution >= 0.6 is 0 Å². The fourth-order valence-corrected chi connectivity index (χ4v) is 3.91. The van der Waals surface area contributed by atoms with Gasteiger partial charge in [0.05, 0.1) is 5.69 Å². The van der Waals surface area contributed by atoms with Gasteiger partial charge in [-0.25, -0.2) is 0 Å². The van der Waals surface area contributed by atoms with E-state index in [-0.39, 0.29) is 5.92 Å². The molecule has 128 valence electrons. The first-order valence-electron chi connectivity index (χ1n) is 9.08. The number of carbonyl (C=O) groups is 1. The van der Waals surface area contributed by atoms with Gasteiger partial charge in [-0.15, -0.1) is 0 Å². The number of hydrogen-bond donors (Lipinski definition) is 0. The van der Waals surface area contributed by atoms with Crippen molar-refractivity contribution in [3.8, 4) is 0 Å². The van der Waals surface area contributed by atoms with Crippen molar-refractivity contribution in [2.75, 3.05) is 26.2 Å². The maximum atomic E-state index is 12.7. The fourth-order valence-electron chi connectivity index (χ4n) is 3.91. The largest absolute Gasteiger partial charge is 0.361 e. The van der Waals surface area contributed by atoms with Crippen LogP contribution in [0.1, 0.15) is 55.5 Å². The van der Waals surface area contributed by atoms with Crippen LogP contribution in [0.3, 0.4) is 0 Å².